The van der Waals surface area contributed by atoms with Crippen LogP contribution < -0.4 is 5.32 Å². The molecule has 0 spiro atoms. The van der Waals surface area contributed by atoms with Gasteiger partial charge in [0, 0.05) is 28.3 Å². The van der Waals surface area contributed by atoms with Crippen LogP contribution in [-0.2, 0) is 11.2 Å². The molecule has 1 aromatic carbocycles. The zero-order valence-corrected chi connectivity index (χ0v) is 14.7. The lowest BCUT2D eigenvalue weighted by molar-refractivity contribution is -0.115. The van der Waals surface area contributed by atoms with E-state index in [1.54, 1.807) is 12.1 Å². The Kier molecular flexibility index (Phi) is 4.19. The van der Waals surface area contributed by atoms with Crippen molar-refractivity contribution >= 4 is 34.7 Å². The number of aromatic nitrogens is 3. The third kappa shape index (κ3) is 3.67. The number of halogens is 1. The number of amides is 1. The van der Waals surface area contributed by atoms with Crippen LogP contribution in [0.15, 0.2) is 30.3 Å². The van der Waals surface area contributed by atoms with Crippen molar-refractivity contribution < 1.29 is 9.90 Å². The molecule has 3 aromatic rings. The number of aromatic hydroxyl groups is 1. The molecule has 6 nitrogen and oxygen atoms in total. The molecule has 0 bridgehead atoms. The predicted octanol–water partition coefficient (Wildman–Crippen LogP) is 3.95. The Morgan fingerprint density at radius 3 is 2.84 bits per heavy atom. The van der Waals surface area contributed by atoms with Crippen LogP contribution in [0.25, 0.3) is 10.6 Å². The van der Waals surface area contributed by atoms with E-state index in [1.807, 2.05) is 18.2 Å². The fourth-order valence-corrected chi connectivity index (χ4v) is 3.60. The minimum absolute atomic E-state index is 0.0444. The Hall–Kier alpha value is -2.38. The Balaban J connectivity index is 1.44. The van der Waals surface area contributed by atoms with E-state index >= 15 is 0 Å². The molecule has 8 heteroatoms. The van der Waals surface area contributed by atoms with Gasteiger partial charge in [-0.15, -0.1) is 11.3 Å². The van der Waals surface area contributed by atoms with E-state index in [4.69, 9.17) is 11.6 Å². The van der Waals surface area contributed by atoms with E-state index in [2.05, 4.69) is 20.5 Å². The zero-order valence-electron chi connectivity index (χ0n) is 13.1. The minimum Gasteiger partial charge on any atom is -0.492 e. The van der Waals surface area contributed by atoms with Crippen molar-refractivity contribution in [3.05, 3.63) is 45.9 Å². The van der Waals surface area contributed by atoms with Gasteiger partial charge < -0.3 is 10.4 Å². The minimum atomic E-state index is -0.240. The summed E-state index contributed by atoms with van der Waals surface area (Å²) in [5.41, 5.74) is 1.90. The van der Waals surface area contributed by atoms with Gasteiger partial charge in [-0.3, -0.25) is 9.89 Å². The first-order chi connectivity index (χ1) is 12.1. The summed E-state index contributed by atoms with van der Waals surface area (Å²) in [5.74, 6) is 0.695. The van der Waals surface area contributed by atoms with Gasteiger partial charge in [-0.2, -0.15) is 5.10 Å². The van der Waals surface area contributed by atoms with Crippen LogP contribution in [0.5, 0.6) is 5.88 Å². The van der Waals surface area contributed by atoms with Gasteiger partial charge in [0.25, 0.3) is 0 Å². The van der Waals surface area contributed by atoms with E-state index in [0.29, 0.717) is 26.6 Å². The average Bonchev–Trinajstić information content (AvgIpc) is 3.24. The van der Waals surface area contributed by atoms with Crippen LogP contribution in [0, 0.1) is 0 Å². The molecule has 1 fully saturated rings. The third-order valence-corrected chi connectivity index (χ3v) is 5.32. The van der Waals surface area contributed by atoms with Gasteiger partial charge in [0.2, 0.25) is 11.8 Å². The van der Waals surface area contributed by atoms with Crippen molar-refractivity contribution in [2.24, 2.45) is 0 Å². The lowest BCUT2D eigenvalue weighted by Crippen LogP contribution is -2.14. The topological polar surface area (TPSA) is 90.9 Å². The average molecular weight is 375 g/mol. The maximum Gasteiger partial charge on any atom is 0.231 e. The maximum atomic E-state index is 12.2. The van der Waals surface area contributed by atoms with Gasteiger partial charge >= 0.3 is 0 Å². The van der Waals surface area contributed by atoms with Crippen molar-refractivity contribution in [3.8, 4) is 16.5 Å². The van der Waals surface area contributed by atoms with Crippen LogP contribution in [0.1, 0.15) is 29.3 Å². The Morgan fingerprint density at radius 1 is 1.36 bits per heavy atom. The van der Waals surface area contributed by atoms with E-state index in [-0.39, 0.29) is 18.2 Å². The first kappa shape index (κ1) is 16.1. The first-order valence-electron chi connectivity index (χ1n) is 7.88. The van der Waals surface area contributed by atoms with Gasteiger partial charge in [0.1, 0.15) is 5.01 Å². The van der Waals surface area contributed by atoms with Crippen molar-refractivity contribution in [1.82, 2.24) is 15.2 Å². The molecule has 1 aliphatic carbocycles. The molecule has 0 aliphatic heterocycles. The molecular weight excluding hydrogens is 360 g/mol. The molecule has 128 valence electrons. The standard InChI is InChI=1S/C17H15ClN4O2S/c18-11-5-3-10(4-6-11)17-20-16(24)13(25-17)8-15(23)19-14-7-12(21-22-14)9-1-2-9/h3-7,9,24H,1-2,8H2,(H2,19,21,22,23). The number of aromatic amines is 1. The van der Waals surface area contributed by atoms with E-state index in [0.717, 1.165) is 24.1 Å². The number of thiazole rings is 1. The highest BCUT2D eigenvalue weighted by atomic mass is 35.5. The summed E-state index contributed by atoms with van der Waals surface area (Å²) < 4.78 is 0. The lowest BCUT2D eigenvalue weighted by atomic mass is 10.2. The van der Waals surface area contributed by atoms with Crippen molar-refractivity contribution in [2.75, 3.05) is 5.32 Å². The number of anilines is 1. The zero-order chi connectivity index (χ0) is 17.4. The van der Waals surface area contributed by atoms with Crippen molar-refractivity contribution in [1.29, 1.82) is 0 Å². The second-order valence-electron chi connectivity index (χ2n) is 5.98. The number of nitrogens with zero attached hydrogens (tertiary/aromatic N) is 2. The maximum absolute atomic E-state index is 12.2. The molecule has 1 amide bonds. The quantitative estimate of drug-likeness (QED) is 0.630. The first-order valence-corrected chi connectivity index (χ1v) is 9.07. The number of H-pyrrole nitrogens is 1. The van der Waals surface area contributed by atoms with E-state index in [1.165, 1.54) is 11.3 Å². The number of hydrogen-bond acceptors (Lipinski definition) is 5. The summed E-state index contributed by atoms with van der Waals surface area (Å²) in [6, 6.07) is 9.04. The summed E-state index contributed by atoms with van der Waals surface area (Å²) in [6.07, 6.45) is 2.37. The highest BCUT2D eigenvalue weighted by Crippen LogP contribution is 2.39. The van der Waals surface area contributed by atoms with E-state index < -0.39 is 0 Å². The van der Waals surface area contributed by atoms with Crippen LogP contribution in [-0.4, -0.2) is 26.2 Å². The molecule has 0 saturated heterocycles. The largest absolute Gasteiger partial charge is 0.492 e. The van der Waals surface area contributed by atoms with Gasteiger partial charge in [0.15, 0.2) is 5.82 Å². The van der Waals surface area contributed by atoms with Crippen molar-refractivity contribution in [3.63, 3.8) is 0 Å². The second kappa shape index (κ2) is 6.50. The van der Waals surface area contributed by atoms with Crippen LogP contribution in [0.3, 0.4) is 0 Å². The highest BCUT2D eigenvalue weighted by molar-refractivity contribution is 7.15. The van der Waals surface area contributed by atoms with E-state index in [9.17, 15) is 9.90 Å². The molecule has 2 heterocycles. The highest BCUT2D eigenvalue weighted by Gasteiger charge is 2.25. The fourth-order valence-electron chi connectivity index (χ4n) is 2.51. The molecule has 3 N–H and O–H groups in total. The number of rotatable bonds is 5. The lowest BCUT2D eigenvalue weighted by Gasteiger charge is -1.99. The normalized spacial score (nSPS) is 13.8. The number of carbonyl (C=O) groups is 1. The Bertz CT molecular complexity index is 915. The van der Waals surface area contributed by atoms with Gasteiger partial charge in [-0.05, 0) is 25.0 Å². The fraction of sp³-hybridized carbons (Fsp3) is 0.235. The number of hydrogen-bond donors (Lipinski definition) is 3. The second-order valence-corrected chi connectivity index (χ2v) is 7.50. The van der Waals surface area contributed by atoms with Crippen LogP contribution >= 0.6 is 22.9 Å². The van der Waals surface area contributed by atoms with Gasteiger partial charge in [-0.25, -0.2) is 4.98 Å². The molecule has 0 radical (unpaired) electrons. The molecule has 0 atom stereocenters. The summed E-state index contributed by atoms with van der Waals surface area (Å²) >= 11 is 7.16. The molecule has 2 aromatic heterocycles. The number of nitrogens with one attached hydrogen (secondary N) is 2. The SMILES string of the molecule is O=C(Cc1sc(-c2ccc(Cl)cc2)nc1O)Nc1cc(C2CC2)[nH]n1. The molecular formula is C17H15ClN4O2S. The molecule has 1 saturated carbocycles. The molecule has 4 rings (SSSR count). The van der Waals surface area contributed by atoms with Gasteiger partial charge in [0.05, 0.1) is 11.3 Å². The van der Waals surface area contributed by atoms with Crippen LogP contribution in [0.2, 0.25) is 5.02 Å². The summed E-state index contributed by atoms with van der Waals surface area (Å²) in [6.45, 7) is 0. The molecule has 25 heavy (non-hydrogen) atoms. The molecule has 0 unspecified atom stereocenters. The number of carbonyl (C=O) groups excluding carboxylic acids is 1. The number of benzene rings is 1. The Labute approximate surface area is 152 Å². The summed E-state index contributed by atoms with van der Waals surface area (Å²) in [7, 11) is 0. The monoisotopic (exact) mass is 374 g/mol. The Morgan fingerprint density at radius 2 is 2.12 bits per heavy atom. The summed E-state index contributed by atoms with van der Waals surface area (Å²) in [5, 5.41) is 21.1. The van der Waals surface area contributed by atoms with Crippen LogP contribution in [0.4, 0.5) is 5.82 Å². The van der Waals surface area contributed by atoms with Gasteiger partial charge in [-0.1, -0.05) is 23.7 Å². The van der Waals surface area contributed by atoms with Crippen molar-refractivity contribution in [2.45, 2.75) is 25.2 Å². The summed E-state index contributed by atoms with van der Waals surface area (Å²) in [4.78, 5) is 16.9. The molecule has 1 aliphatic rings. The smallest absolute Gasteiger partial charge is 0.231 e. The third-order valence-electron chi connectivity index (χ3n) is 3.97. The predicted molar refractivity (Wildman–Crippen MR) is 97.1 cm³/mol.